The van der Waals surface area contributed by atoms with Crippen LogP contribution in [0.3, 0.4) is 0 Å². The zero-order chi connectivity index (χ0) is 14.5. The number of hydrogen-bond donors (Lipinski definition) is 1. The molecule has 0 aliphatic rings. The molecule has 0 saturated carbocycles. The molecule has 0 heterocycles. The Balaban J connectivity index is 2.11. The predicted molar refractivity (Wildman–Crippen MR) is 85.1 cm³/mol. The summed E-state index contributed by atoms with van der Waals surface area (Å²) in [5.41, 5.74) is 1.73. The maximum Gasteiger partial charge on any atom is 0.136 e. The molecular weight excluding hydrogens is 340 g/mol. The topological polar surface area (TPSA) is 29.5 Å². The molecule has 1 atom stereocenters. The van der Waals surface area contributed by atoms with Gasteiger partial charge in [0, 0.05) is 5.02 Å². The second-order valence-electron chi connectivity index (χ2n) is 4.36. The van der Waals surface area contributed by atoms with Gasteiger partial charge in [-0.25, -0.2) is 0 Å². The van der Waals surface area contributed by atoms with E-state index < -0.39 is 6.10 Å². The first-order valence-electron chi connectivity index (χ1n) is 6.24. The summed E-state index contributed by atoms with van der Waals surface area (Å²) in [6.45, 7) is 4.04. The van der Waals surface area contributed by atoms with Crippen LogP contribution in [0.1, 0.15) is 17.2 Å². The normalized spacial score (nSPS) is 12.2. The third-order valence-electron chi connectivity index (χ3n) is 2.92. The van der Waals surface area contributed by atoms with E-state index in [1.165, 1.54) is 0 Å². The van der Waals surface area contributed by atoms with Crippen molar-refractivity contribution >= 4 is 27.5 Å². The molecule has 2 aromatic carbocycles. The number of aliphatic hydroxyl groups excluding tert-OH is 1. The van der Waals surface area contributed by atoms with Crippen LogP contribution in [0.5, 0.6) is 5.75 Å². The summed E-state index contributed by atoms with van der Waals surface area (Å²) in [5.74, 6) is 0.680. The fraction of sp³-hybridized carbons (Fsp3) is 0.188. The quantitative estimate of drug-likeness (QED) is 0.851. The summed E-state index contributed by atoms with van der Waals surface area (Å²) in [4.78, 5) is 0. The zero-order valence-electron chi connectivity index (χ0n) is 10.9. The van der Waals surface area contributed by atoms with Crippen molar-refractivity contribution in [3.8, 4) is 5.75 Å². The van der Waals surface area contributed by atoms with Gasteiger partial charge in [-0.05, 0) is 52.5 Å². The van der Waals surface area contributed by atoms with Gasteiger partial charge in [0.1, 0.15) is 18.5 Å². The molecule has 2 rings (SSSR count). The lowest BCUT2D eigenvalue weighted by atomic mass is 10.1. The van der Waals surface area contributed by atoms with E-state index in [9.17, 15) is 5.11 Å². The molecule has 0 aromatic heterocycles. The highest BCUT2D eigenvalue weighted by molar-refractivity contribution is 9.10. The molecule has 2 aromatic rings. The Labute approximate surface area is 132 Å². The Morgan fingerprint density at radius 3 is 2.60 bits per heavy atom. The van der Waals surface area contributed by atoms with Crippen LogP contribution in [-0.4, -0.2) is 11.7 Å². The predicted octanol–water partition coefficient (Wildman–Crippen LogP) is 4.59. The van der Waals surface area contributed by atoms with Crippen LogP contribution < -0.4 is 4.74 Å². The maximum atomic E-state index is 10.1. The average molecular weight is 355 g/mol. The minimum atomic E-state index is -0.670. The van der Waals surface area contributed by atoms with Gasteiger partial charge in [0.05, 0.1) is 4.47 Å². The molecule has 0 saturated heterocycles. The van der Waals surface area contributed by atoms with E-state index in [4.69, 9.17) is 16.3 Å². The highest BCUT2D eigenvalue weighted by atomic mass is 79.9. The van der Waals surface area contributed by atoms with Crippen LogP contribution in [0.15, 0.2) is 46.9 Å². The van der Waals surface area contributed by atoms with Crippen LogP contribution in [0.4, 0.5) is 0 Å². The Hall–Kier alpha value is -1.03. The molecule has 4 heteroatoms. The average Bonchev–Trinajstić information content (AvgIpc) is 2.46. The van der Waals surface area contributed by atoms with Crippen molar-refractivity contribution in [2.75, 3.05) is 6.61 Å². The third kappa shape index (κ3) is 3.75. The first-order chi connectivity index (χ1) is 9.61. The van der Waals surface area contributed by atoms with Crippen molar-refractivity contribution in [2.45, 2.75) is 12.5 Å². The zero-order valence-corrected chi connectivity index (χ0v) is 13.2. The molecule has 2 nitrogen and oxygen atoms in total. The molecule has 0 amide bonds. The van der Waals surface area contributed by atoms with Gasteiger partial charge in [-0.2, -0.15) is 0 Å². The van der Waals surface area contributed by atoms with Crippen molar-refractivity contribution in [3.63, 3.8) is 0 Å². The number of halogens is 2. The molecule has 0 fully saturated rings. The van der Waals surface area contributed by atoms with Gasteiger partial charge in [-0.15, -0.1) is 0 Å². The van der Waals surface area contributed by atoms with Gasteiger partial charge >= 0.3 is 0 Å². The van der Waals surface area contributed by atoms with Crippen molar-refractivity contribution in [3.05, 3.63) is 70.0 Å². The van der Waals surface area contributed by atoms with Gasteiger partial charge in [0.25, 0.3) is 0 Å². The molecule has 0 aliphatic carbocycles. The van der Waals surface area contributed by atoms with Gasteiger partial charge < -0.3 is 9.84 Å². The summed E-state index contributed by atoms with van der Waals surface area (Å²) in [6, 6.07) is 13.0. The van der Waals surface area contributed by atoms with Crippen LogP contribution in [0.2, 0.25) is 5.02 Å². The molecular formula is C16H15BrClO2. The van der Waals surface area contributed by atoms with Crippen LogP contribution in [0.25, 0.3) is 0 Å². The van der Waals surface area contributed by atoms with Crippen LogP contribution in [0, 0.1) is 6.92 Å². The van der Waals surface area contributed by atoms with Gasteiger partial charge in [-0.1, -0.05) is 41.9 Å². The van der Waals surface area contributed by atoms with Crippen molar-refractivity contribution in [1.82, 2.24) is 0 Å². The highest BCUT2D eigenvalue weighted by Gasteiger charge is 2.13. The van der Waals surface area contributed by atoms with Crippen LogP contribution >= 0.6 is 27.5 Å². The Kier molecular flexibility index (Phi) is 5.46. The summed E-state index contributed by atoms with van der Waals surface area (Å²) in [7, 11) is 0. The van der Waals surface area contributed by atoms with Gasteiger partial charge in [0.15, 0.2) is 0 Å². The lowest BCUT2D eigenvalue weighted by molar-refractivity contribution is 0.107. The number of hydrogen-bond acceptors (Lipinski definition) is 2. The minimum Gasteiger partial charge on any atom is -0.489 e. The fourth-order valence-corrected chi connectivity index (χ4v) is 2.88. The van der Waals surface area contributed by atoms with Crippen molar-refractivity contribution < 1.29 is 9.84 Å². The molecule has 0 bridgehead atoms. The maximum absolute atomic E-state index is 10.1. The van der Waals surface area contributed by atoms with Crippen molar-refractivity contribution in [2.24, 2.45) is 0 Å². The molecule has 1 radical (unpaired) electrons. The first kappa shape index (κ1) is 15.4. The molecule has 1 N–H and O–H groups in total. The molecule has 0 spiro atoms. The first-order valence-corrected chi connectivity index (χ1v) is 7.42. The Morgan fingerprint density at radius 1 is 1.25 bits per heavy atom. The monoisotopic (exact) mass is 353 g/mol. The second kappa shape index (κ2) is 7.11. The summed E-state index contributed by atoms with van der Waals surface area (Å²) in [6.07, 6.45) is -0.105. The molecule has 105 valence electrons. The van der Waals surface area contributed by atoms with Crippen molar-refractivity contribution in [1.29, 1.82) is 0 Å². The van der Waals surface area contributed by atoms with E-state index in [2.05, 4.69) is 22.9 Å². The van der Waals surface area contributed by atoms with E-state index in [0.29, 0.717) is 17.2 Å². The van der Waals surface area contributed by atoms with E-state index >= 15 is 0 Å². The molecule has 1 unspecified atom stereocenters. The number of aliphatic hydroxyl groups is 1. The largest absolute Gasteiger partial charge is 0.489 e. The third-order valence-corrected chi connectivity index (χ3v) is 3.73. The summed E-state index contributed by atoms with van der Waals surface area (Å²) >= 11 is 9.42. The lowest BCUT2D eigenvalue weighted by Gasteiger charge is -2.16. The number of rotatable bonds is 5. The Bertz CT molecular complexity index is 572. The van der Waals surface area contributed by atoms with Gasteiger partial charge in [0.2, 0.25) is 0 Å². The van der Waals surface area contributed by atoms with E-state index in [0.717, 1.165) is 15.6 Å². The standard InChI is InChI=1S/C16H15BrClO2/c1-2-11-8-13(18)9-14(17)16(11)20-10-15(19)12-6-4-3-5-7-12/h3-9,15,19H,1-2,10H2. The molecule has 20 heavy (non-hydrogen) atoms. The van der Waals surface area contributed by atoms with E-state index in [1.54, 1.807) is 6.07 Å². The van der Waals surface area contributed by atoms with E-state index in [1.807, 2.05) is 36.4 Å². The Morgan fingerprint density at radius 2 is 1.95 bits per heavy atom. The molecule has 0 aliphatic heterocycles. The number of benzene rings is 2. The minimum absolute atomic E-state index is 0.178. The van der Waals surface area contributed by atoms with E-state index in [-0.39, 0.29) is 6.61 Å². The lowest BCUT2D eigenvalue weighted by Crippen LogP contribution is -2.10. The fourth-order valence-electron chi connectivity index (χ4n) is 1.89. The SMILES string of the molecule is [CH2]Cc1cc(Cl)cc(Br)c1OCC(O)c1ccccc1. The number of ether oxygens (including phenoxy) is 1. The smallest absolute Gasteiger partial charge is 0.136 e. The second-order valence-corrected chi connectivity index (χ2v) is 5.65. The van der Waals surface area contributed by atoms with Crippen LogP contribution in [-0.2, 0) is 6.42 Å². The summed E-state index contributed by atoms with van der Waals surface area (Å²) in [5, 5.41) is 10.7. The summed E-state index contributed by atoms with van der Waals surface area (Å²) < 4.78 is 6.50. The highest BCUT2D eigenvalue weighted by Crippen LogP contribution is 2.33. The van der Waals surface area contributed by atoms with Gasteiger partial charge in [-0.3, -0.25) is 0 Å².